The smallest absolute Gasteiger partial charge is 0.337 e. The number of hydrogen-bond acceptors (Lipinski definition) is 5. The highest BCUT2D eigenvalue weighted by atomic mass is 32.2. The number of carbonyl (C=O) groups excluding carboxylic acids is 1. The Kier molecular flexibility index (Phi) is 7.08. The van der Waals surface area contributed by atoms with Crippen LogP contribution in [0.1, 0.15) is 41.5 Å². The fraction of sp³-hybridized carbons (Fsp3) is 0.519. The van der Waals surface area contributed by atoms with Crippen molar-refractivity contribution in [3.63, 3.8) is 0 Å². The van der Waals surface area contributed by atoms with Gasteiger partial charge in [0.25, 0.3) is 0 Å². The minimum absolute atomic E-state index is 0.0511. The van der Waals surface area contributed by atoms with Gasteiger partial charge < -0.3 is 4.90 Å². The van der Waals surface area contributed by atoms with Crippen molar-refractivity contribution >= 4 is 25.6 Å². The minimum atomic E-state index is -6.35. The number of alkyl halides is 7. The standard InChI is InChI=1S/C27H26F7NO5S2/c1-16-2-6-20(7-3-16)42(39,40)24-11-12-35(23(36)18-10-13-41(37,38)15-18)22(24)9-4-17-14-19(5-8-21(17)24)25(28,26(29,30)31)27(32,33)34/h2-3,5-8,14,18,22H,4,9-13,15H2,1H3/t18-,22?,24?/m1/s1. The summed E-state index contributed by atoms with van der Waals surface area (Å²) >= 11 is 0. The average Bonchev–Trinajstić information content (AvgIpc) is 3.47. The molecule has 5 rings (SSSR count). The molecule has 2 aliphatic heterocycles. The Balaban J connectivity index is 1.68. The van der Waals surface area contributed by atoms with E-state index in [1.807, 2.05) is 0 Å². The van der Waals surface area contributed by atoms with Crippen molar-refractivity contribution in [1.82, 2.24) is 4.90 Å². The first kappa shape index (κ1) is 30.8. The summed E-state index contributed by atoms with van der Waals surface area (Å²) in [6, 6.07) is 6.14. The van der Waals surface area contributed by atoms with Gasteiger partial charge in [-0.1, -0.05) is 35.9 Å². The molecular weight excluding hydrogens is 615 g/mol. The molecular formula is C27H26F7NO5S2. The van der Waals surface area contributed by atoms with Crippen molar-refractivity contribution in [2.24, 2.45) is 5.92 Å². The normalized spacial score (nSPS) is 26.1. The Morgan fingerprint density at radius 2 is 1.57 bits per heavy atom. The van der Waals surface area contributed by atoms with Crippen LogP contribution >= 0.6 is 0 Å². The van der Waals surface area contributed by atoms with Crippen LogP contribution in [0.5, 0.6) is 0 Å². The van der Waals surface area contributed by atoms with Crippen LogP contribution in [0.2, 0.25) is 0 Å². The first-order valence-electron chi connectivity index (χ1n) is 13.0. The van der Waals surface area contributed by atoms with Gasteiger partial charge in [0.2, 0.25) is 5.91 Å². The van der Waals surface area contributed by atoms with Crippen molar-refractivity contribution in [2.75, 3.05) is 18.1 Å². The molecule has 2 saturated heterocycles. The molecule has 2 unspecified atom stereocenters. The Labute approximate surface area is 237 Å². The summed E-state index contributed by atoms with van der Waals surface area (Å²) < 4.78 is 147. The summed E-state index contributed by atoms with van der Waals surface area (Å²) in [5, 5.41) is 0. The fourth-order valence-electron chi connectivity index (χ4n) is 6.65. The van der Waals surface area contributed by atoms with E-state index in [-0.39, 0.29) is 54.0 Å². The van der Waals surface area contributed by atoms with Crippen LogP contribution < -0.4 is 0 Å². The van der Waals surface area contributed by atoms with Gasteiger partial charge in [-0.2, -0.15) is 26.3 Å². The van der Waals surface area contributed by atoms with E-state index in [1.54, 1.807) is 6.92 Å². The summed E-state index contributed by atoms with van der Waals surface area (Å²) in [4.78, 5) is 14.6. The van der Waals surface area contributed by atoms with E-state index in [0.717, 1.165) is 11.6 Å². The molecule has 0 spiro atoms. The quantitative estimate of drug-likeness (QED) is 0.442. The van der Waals surface area contributed by atoms with Crippen molar-refractivity contribution in [3.8, 4) is 0 Å². The highest BCUT2D eigenvalue weighted by Gasteiger charge is 2.74. The summed E-state index contributed by atoms with van der Waals surface area (Å²) in [6.07, 6.45) is -13.3. The zero-order valence-corrected chi connectivity index (χ0v) is 23.7. The van der Waals surface area contributed by atoms with Crippen LogP contribution in [0, 0.1) is 12.8 Å². The van der Waals surface area contributed by atoms with Gasteiger partial charge in [-0.3, -0.25) is 4.79 Å². The third-order valence-electron chi connectivity index (χ3n) is 8.74. The summed E-state index contributed by atoms with van der Waals surface area (Å²) in [5.74, 6) is -2.08. The Hall–Kier alpha value is -2.68. The number of carbonyl (C=O) groups is 1. The van der Waals surface area contributed by atoms with E-state index in [4.69, 9.17) is 0 Å². The molecule has 0 aromatic heterocycles. The number of aryl methyl sites for hydroxylation is 2. The molecule has 2 fully saturated rings. The molecule has 15 heteroatoms. The fourth-order valence-corrected chi connectivity index (χ4v) is 10.7. The summed E-state index contributed by atoms with van der Waals surface area (Å²) in [6.45, 7) is 1.58. The van der Waals surface area contributed by atoms with Crippen LogP contribution in [0.4, 0.5) is 30.7 Å². The molecule has 0 bridgehead atoms. The monoisotopic (exact) mass is 641 g/mol. The van der Waals surface area contributed by atoms with Gasteiger partial charge in [-0.25, -0.2) is 21.2 Å². The first-order valence-corrected chi connectivity index (χ1v) is 16.4. The third-order valence-corrected chi connectivity index (χ3v) is 13.1. The lowest BCUT2D eigenvalue weighted by atomic mass is 9.76. The van der Waals surface area contributed by atoms with Gasteiger partial charge in [-0.15, -0.1) is 0 Å². The number of hydrogen-bond donors (Lipinski definition) is 0. The second-order valence-corrected chi connectivity index (χ2v) is 15.6. The molecule has 0 saturated carbocycles. The largest absolute Gasteiger partial charge is 0.435 e. The van der Waals surface area contributed by atoms with E-state index in [2.05, 4.69) is 0 Å². The van der Waals surface area contributed by atoms with Crippen LogP contribution in [0.15, 0.2) is 47.4 Å². The molecule has 0 radical (unpaired) electrons. The van der Waals surface area contributed by atoms with E-state index in [0.29, 0.717) is 12.1 Å². The predicted molar refractivity (Wildman–Crippen MR) is 137 cm³/mol. The number of benzene rings is 2. The van der Waals surface area contributed by atoms with E-state index in [9.17, 15) is 52.4 Å². The van der Waals surface area contributed by atoms with Crippen molar-refractivity contribution in [1.29, 1.82) is 0 Å². The lowest BCUT2D eigenvalue weighted by molar-refractivity contribution is -0.348. The zero-order chi connectivity index (χ0) is 31.1. The van der Waals surface area contributed by atoms with Crippen LogP contribution in [0.3, 0.4) is 0 Å². The SMILES string of the molecule is Cc1ccc(S(=O)(=O)C23CCN(C(=O)[C@@H]4CCS(=O)(=O)C4)C2CCc2cc(C(F)(C(F)(F)F)C(F)(F)F)ccc23)cc1. The maximum atomic E-state index is 14.9. The molecule has 2 aromatic rings. The molecule has 6 nitrogen and oxygen atoms in total. The molecule has 42 heavy (non-hydrogen) atoms. The van der Waals surface area contributed by atoms with Crippen molar-refractivity contribution < 1.29 is 52.4 Å². The number of fused-ring (bicyclic) bond motifs is 3. The van der Waals surface area contributed by atoms with Crippen molar-refractivity contribution in [3.05, 3.63) is 64.7 Å². The number of rotatable bonds is 4. The van der Waals surface area contributed by atoms with Crippen molar-refractivity contribution in [2.45, 2.75) is 66.3 Å². The van der Waals surface area contributed by atoms with Gasteiger partial charge in [0.05, 0.1) is 28.4 Å². The van der Waals surface area contributed by atoms with Gasteiger partial charge in [-0.05, 0) is 55.9 Å². The molecule has 2 heterocycles. The van der Waals surface area contributed by atoms with Gasteiger partial charge in [0.15, 0.2) is 19.7 Å². The predicted octanol–water partition coefficient (Wildman–Crippen LogP) is 4.94. The Morgan fingerprint density at radius 3 is 2.12 bits per heavy atom. The number of amides is 1. The van der Waals surface area contributed by atoms with Gasteiger partial charge in [0, 0.05) is 12.1 Å². The number of sulfone groups is 2. The molecule has 2 aromatic carbocycles. The molecule has 1 amide bonds. The van der Waals surface area contributed by atoms with Crippen LogP contribution in [0.25, 0.3) is 0 Å². The lowest BCUT2D eigenvalue weighted by Crippen LogP contribution is -2.53. The van der Waals surface area contributed by atoms with E-state index < -0.39 is 71.6 Å². The number of likely N-dealkylation sites (tertiary alicyclic amines) is 1. The molecule has 3 atom stereocenters. The topological polar surface area (TPSA) is 88.6 Å². The Morgan fingerprint density at radius 1 is 0.952 bits per heavy atom. The number of nitrogens with zero attached hydrogens (tertiary/aromatic N) is 1. The molecule has 230 valence electrons. The molecule has 1 aliphatic carbocycles. The second kappa shape index (κ2) is 9.66. The van der Waals surface area contributed by atoms with Crippen LogP contribution in [-0.2, 0) is 41.3 Å². The maximum absolute atomic E-state index is 14.9. The average molecular weight is 642 g/mol. The lowest BCUT2D eigenvalue weighted by Gasteiger charge is -2.43. The molecule has 0 N–H and O–H groups in total. The number of halogens is 7. The zero-order valence-electron chi connectivity index (χ0n) is 22.1. The van der Waals surface area contributed by atoms with E-state index >= 15 is 0 Å². The molecule has 3 aliphatic rings. The third kappa shape index (κ3) is 4.44. The maximum Gasteiger partial charge on any atom is 0.435 e. The summed E-state index contributed by atoms with van der Waals surface area (Å²) in [5.41, 5.74) is -7.00. The first-order chi connectivity index (χ1) is 19.3. The summed E-state index contributed by atoms with van der Waals surface area (Å²) in [7, 11) is -7.93. The highest BCUT2D eigenvalue weighted by Crippen LogP contribution is 2.57. The second-order valence-electron chi connectivity index (χ2n) is 11.2. The van der Waals surface area contributed by atoms with Gasteiger partial charge in [0.1, 0.15) is 4.75 Å². The Bertz CT molecular complexity index is 1620. The minimum Gasteiger partial charge on any atom is -0.337 e. The van der Waals surface area contributed by atoms with E-state index in [1.165, 1.54) is 29.2 Å². The highest BCUT2D eigenvalue weighted by molar-refractivity contribution is 7.92. The van der Waals surface area contributed by atoms with Crippen LogP contribution in [-0.4, -0.2) is 64.1 Å². The van der Waals surface area contributed by atoms with Gasteiger partial charge >= 0.3 is 18.0 Å².